The molecule has 1 aromatic carbocycles. The second kappa shape index (κ2) is 6.06. The number of carboxylic acid groups (broad SMARTS) is 1. The lowest BCUT2D eigenvalue weighted by Gasteiger charge is -2.29. The van der Waals surface area contributed by atoms with Gasteiger partial charge < -0.3 is 15.2 Å². The highest BCUT2D eigenvalue weighted by Crippen LogP contribution is 2.35. The second-order valence-electron chi connectivity index (χ2n) is 6.21. The van der Waals surface area contributed by atoms with Gasteiger partial charge in [-0.25, -0.2) is 0 Å². The van der Waals surface area contributed by atoms with Crippen molar-refractivity contribution in [3.8, 4) is 5.75 Å². The van der Waals surface area contributed by atoms with E-state index in [1.54, 1.807) is 7.11 Å². The van der Waals surface area contributed by atoms with Crippen molar-refractivity contribution in [2.75, 3.05) is 7.11 Å². The van der Waals surface area contributed by atoms with Crippen molar-refractivity contribution < 1.29 is 14.6 Å². The highest BCUT2D eigenvalue weighted by molar-refractivity contribution is 5.70. The number of hydrogen-bond acceptors (Lipinski definition) is 3. The van der Waals surface area contributed by atoms with Gasteiger partial charge in [0.15, 0.2) is 0 Å². The van der Waals surface area contributed by atoms with Crippen molar-refractivity contribution in [1.29, 1.82) is 0 Å². The normalized spacial score (nSPS) is 28.1. The number of nitrogens with one attached hydrogen (secondary N) is 1. The minimum Gasteiger partial charge on any atom is -0.497 e. The van der Waals surface area contributed by atoms with Crippen LogP contribution in [0.5, 0.6) is 5.75 Å². The predicted octanol–water partition coefficient (Wildman–Crippen LogP) is 2.92. The van der Waals surface area contributed by atoms with Crippen molar-refractivity contribution in [2.24, 2.45) is 5.92 Å². The number of carbonyl (C=O) groups is 1. The predicted molar refractivity (Wildman–Crippen MR) is 80.6 cm³/mol. The number of hydrogen-bond donors (Lipinski definition) is 2. The Morgan fingerprint density at radius 1 is 1.24 bits per heavy atom. The van der Waals surface area contributed by atoms with E-state index < -0.39 is 5.97 Å². The summed E-state index contributed by atoms with van der Waals surface area (Å²) in [5, 5.41) is 12.8. The number of rotatable bonds is 4. The SMILES string of the molecule is COc1ccc2c(c1)C(NC1CCC(C(=O)O)CC1)CC2. The van der Waals surface area contributed by atoms with Gasteiger partial charge in [-0.05, 0) is 61.8 Å². The Labute approximate surface area is 125 Å². The molecule has 0 spiro atoms. The van der Waals surface area contributed by atoms with E-state index >= 15 is 0 Å². The standard InChI is InChI=1S/C17H23NO3/c1-21-14-8-4-11-5-9-16(15(11)10-14)18-13-6-2-12(3-7-13)17(19)20/h4,8,10,12-13,16,18H,2-3,5-7,9H2,1H3,(H,19,20). The van der Waals surface area contributed by atoms with E-state index in [-0.39, 0.29) is 5.92 Å². The summed E-state index contributed by atoms with van der Waals surface area (Å²) in [6, 6.07) is 7.17. The van der Waals surface area contributed by atoms with Crippen LogP contribution in [0, 0.1) is 5.92 Å². The highest BCUT2D eigenvalue weighted by Gasteiger charge is 2.29. The van der Waals surface area contributed by atoms with Crippen LogP contribution in [0.3, 0.4) is 0 Å². The summed E-state index contributed by atoms with van der Waals surface area (Å²) in [4.78, 5) is 11.0. The van der Waals surface area contributed by atoms with Crippen molar-refractivity contribution >= 4 is 5.97 Å². The van der Waals surface area contributed by atoms with Crippen LogP contribution in [-0.2, 0) is 11.2 Å². The minimum absolute atomic E-state index is 0.140. The summed E-state index contributed by atoms with van der Waals surface area (Å²) in [5.41, 5.74) is 2.77. The summed E-state index contributed by atoms with van der Waals surface area (Å²) in [5.74, 6) is 0.139. The zero-order chi connectivity index (χ0) is 14.8. The number of methoxy groups -OCH3 is 1. The van der Waals surface area contributed by atoms with E-state index in [1.165, 1.54) is 11.1 Å². The molecule has 0 aliphatic heterocycles. The third-order valence-corrected chi connectivity index (χ3v) is 4.94. The van der Waals surface area contributed by atoms with Crippen molar-refractivity contribution in [3.63, 3.8) is 0 Å². The molecule has 0 amide bonds. The monoisotopic (exact) mass is 289 g/mol. The van der Waals surface area contributed by atoms with E-state index in [9.17, 15) is 4.79 Å². The average molecular weight is 289 g/mol. The summed E-state index contributed by atoms with van der Waals surface area (Å²) in [7, 11) is 1.70. The van der Waals surface area contributed by atoms with Crippen LogP contribution >= 0.6 is 0 Å². The van der Waals surface area contributed by atoms with E-state index in [4.69, 9.17) is 9.84 Å². The molecule has 1 saturated carbocycles. The molecule has 4 heteroatoms. The van der Waals surface area contributed by atoms with Gasteiger partial charge in [-0.15, -0.1) is 0 Å². The number of carboxylic acids is 1. The number of fused-ring (bicyclic) bond motifs is 1. The van der Waals surface area contributed by atoms with Gasteiger partial charge in [0, 0.05) is 12.1 Å². The molecule has 0 radical (unpaired) electrons. The summed E-state index contributed by atoms with van der Waals surface area (Å²) >= 11 is 0. The van der Waals surface area contributed by atoms with Gasteiger partial charge in [-0.2, -0.15) is 0 Å². The van der Waals surface area contributed by atoms with E-state index in [2.05, 4.69) is 17.4 Å². The second-order valence-corrected chi connectivity index (χ2v) is 6.21. The van der Waals surface area contributed by atoms with Crippen LogP contribution in [0.1, 0.15) is 49.3 Å². The van der Waals surface area contributed by atoms with Crippen molar-refractivity contribution in [2.45, 2.75) is 50.6 Å². The molecule has 21 heavy (non-hydrogen) atoms. The molecule has 4 nitrogen and oxygen atoms in total. The number of aliphatic carboxylic acids is 1. The molecule has 2 aliphatic carbocycles. The maximum Gasteiger partial charge on any atom is 0.306 e. The van der Waals surface area contributed by atoms with E-state index in [0.717, 1.165) is 44.3 Å². The Hall–Kier alpha value is -1.55. The lowest BCUT2D eigenvalue weighted by atomic mass is 9.85. The molecule has 0 bridgehead atoms. The van der Waals surface area contributed by atoms with Crippen molar-refractivity contribution in [1.82, 2.24) is 5.32 Å². The molecule has 0 aromatic heterocycles. The van der Waals surface area contributed by atoms with Crippen LogP contribution in [0.15, 0.2) is 18.2 Å². The first kappa shape index (κ1) is 14.4. The molecule has 1 aromatic rings. The Balaban J connectivity index is 1.62. The molecule has 1 fully saturated rings. The first-order valence-electron chi connectivity index (χ1n) is 7.83. The summed E-state index contributed by atoms with van der Waals surface area (Å²) < 4.78 is 5.33. The van der Waals surface area contributed by atoms with Gasteiger partial charge >= 0.3 is 5.97 Å². The van der Waals surface area contributed by atoms with Crippen molar-refractivity contribution in [3.05, 3.63) is 29.3 Å². The molecular formula is C17H23NO3. The minimum atomic E-state index is -0.635. The molecule has 114 valence electrons. The first-order chi connectivity index (χ1) is 10.2. The zero-order valence-electron chi connectivity index (χ0n) is 12.5. The van der Waals surface area contributed by atoms with Gasteiger partial charge in [0.2, 0.25) is 0 Å². The van der Waals surface area contributed by atoms with Crippen LogP contribution in [0.2, 0.25) is 0 Å². The lowest BCUT2D eigenvalue weighted by Crippen LogP contribution is -2.36. The molecule has 3 rings (SSSR count). The summed E-state index contributed by atoms with van der Waals surface area (Å²) in [6.45, 7) is 0. The fourth-order valence-corrected chi connectivity index (χ4v) is 3.67. The Kier molecular flexibility index (Phi) is 4.15. The average Bonchev–Trinajstić information content (AvgIpc) is 2.90. The molecule has 1 unspecified atom stereocenters. The third kappa shape index (κ3) is 3.05. The topological polar surface area (TPSA) is 58.6 Å². The van der Waals surface area contributed by atoms with Crippen LogP contribution < -0.4 is 10.1 Å². The fourth-order valence-electron chi connectivity index (χ4n) is 3.67. The molecule has 1 atom stereocenters. The lowest BCUT2D eigenvalue weighted by molar-refractivity contribution is -0.142. The number of benzene rings is 1. The quantitative estimate of drug-likeness (QED) is 0.895. The number of ether oxygens (including phenoxy) is 1. The third-order valence-electron chi connectivity index (χ3n) is 4.94. The van der Waals surface area contributed by atoms with Crippen LogP contribution in [0.4, 0.5) is 0 Å². The Morgan fingerprint density at radius 2 is 2.00 bits per heavy atom. The molecule has 0 saturated heterocycles. The molecule has 0 heterocycles. The van der Waals surface area contributed by atoms with Crippen LogP contribution in [0.25, 0.3) is 0 Å². The first-order valence-corrected chi connectivity index (χ1v) is 7.83. The maximum atomic E-state index is 11.0. The van der Waals surface area contributed by atoms with Crippen LogP contribution in [-0.4, -0.2) is 24.2 Å². The van der Waals surface area contributed by atoms with Gasteiger partial charge in [-0.3, -0.25) is 4.79 Å². The fraction of sp³-hybridized carbons (Fsp3) is 0.588. The largest absolute Gasteiger partial charge is 0.497 e. The van der Waals surface area contributed by atoms with Gasteiger partial charge in [-0.1, -0.05) is 6.07 Å². The van der Waals surface area contributed by atoms with Gasteiger partial charge in [0.1, 0.15) is 5.75 Å². The van der Waals surface area contributed by atoms with E-state index in [1.807, 2.05) is 6.07 Å². The molecule has 2 aliphatic rings. The summed E-state index contributed by atoms with van der Waals surface area (Å²) in [6.07, 6.45) is 5.76. The smallest absolute Gasteiger partial charge is 0.306 e. The Morgan fingerprint density at radius 3 is 2.67 bits per heavy atom. The maximum absolute atomic E-state index is 11.0. The highest BCUT2D eigenvalue weighted by atomic mass is 16.5. The van der Waals surface area contributed by atoms with Gasteiger partial charge in [0.25, 0.3) is 0 Å². The van der Waals surface area contributed by atoms with E-state index in [0.29, 0.717) is 12.1 Å². The molecule has 2 N–H and O–H groups in total. The number of aryl methyl sites for hydroxylation is 1. The van der Waals surface area contributed by atoms with Gasteiger partial charge in [0.05, 0.1) is 13.0 Å². The Bertz CT molecular complexity index is 521. The zero-order valence-corrected chi connectivity index (χ0v) is 12.5. The molecular weight excluding hydrogens is 266 g/mol.